The summed E-state index contributed by atoms with van der Waals surface area (Å²) in [5.41, 5.74) is 4.10. The predicted molar refractivity (Wildman–Crippen MR) is 128 cm³/mol. The van der Waals surface area contributed by atoms with E-state index >= 15 is 0 Å². The molecule has 0 unspecified atom stereocenters. The van der Waals surface area contributed by atoms with Crippen LogP contribution in [0.25, 0.3) is 5.57 Å². The van der Waals surface area contributed by atoms with Crippen LogP contribution in [0.3, 0.4) is 0 Å². The van der Waals surface area contributed by atoms with Gasteiger partial charge in [0.25, 0.3) is 5.56 Å². The van der Waals surface area contributed by atoms with Gasteiger partial charge < -0.3 is 14.4 Å². The molecule has 1 aliphatic carbocycles. The number of anilines is 1. The number of methoxy groups -OCH3 is 2. The molecule has 8 heteroatoms. The Morgan fingerprint density at radius 1 is 1.28 bits per heavy atom. The van der Waals surface area contributed by atoms with Crippen molar-refractivity contribution in [3.05, 3.63) is 68.7 Å². The summed E-state index contributed by atoms with van der Waals surface area (Å²) in [5.74, 6) is 0.278. The molecule has 2 aromatic rings. The van der Waals surface area contributed by atoms with Crippen molar-refractivity contribution in [3.8, 4) is 0 Å². The number of H-pyrrole nitrogens is 1. The van der Waals surface area contributed by atoms with E-state index in [2.05, 4.69) is 14.3 Å². The molecule has 1 aromatic carbocycles. The zero-order chi connectivity index (χ0) is 22.8. The van der Waals surface area contributed by atoms with E-state index in [9.17, 15) is 9.59 Å². The number of hydrogen-bond donors (Lipinski definition) is 1. The van der Waals surface area contributed by atoms with Crippen molar-refractivity contribution < 1.29 is 14.3 Å². The number of benzene rings is 1. The normalized spacial score (nSPS) is 17.1. The molecular formula is C24H27N3O4S. The number of nitrogens with zero attached hydrogens (tertiary/aromatic N) is 2. The second-order valence-corrected chi connectivity index (χ2v) is 8.71. The number of ether oxygens (including phenoxy) is 2. The molecule has 168 valence electrons. The van der Waals surface area contributed by atoms with Gasteiger partial charge in [-0.25, -0.2) is 0 Å². The van der Waals surface area contributed by atoms with Crippen molar-refractivity contribution in [2.24, 2.45) is 4.99 Å². The van der Waals surface area contributed by atoms with Gasteiger partial charge >= 0.3 is 0 Å². The third-order valence-electron chi connectivity index (χ3n) is 5.87. The van der Waals surface area contributed by atoms with Gasteiger partial charge in [0, 0.05) is 30.8 Å². The van der Waals surface area contributed by atoms with Crippen molar-refractivity contribution >= 4 is 33.8 Å². The van der Waals surface area contributed by atoms with E-state index in [4.69, 9.17) is 9.47 Å². The summed E-state index contributed by atoms with van der Waals surface area (Å²) < 4.78 is 13.3. The minimum Gasteiger partial charge on any atom is -0.504 e. The molecule has 4 rings (SSSR count). The summed E-state index contributed by atoms with van der Waals surface area (Å²) in [4.78, 5) is 32.6. The highest BCUT2D eigenvalue weighted by molar-refractivity contribution is 7.10. The second kappa shape index (κ2) is 9.16. The zero-order valence-corrected chi connectivity index (χ0v) is 19.5. The Morgan fingerprint density at radius 2 is 2.06 bits per heavy atom. The molecule has 0 saturated heterocycles. The molecule has 0 atom stereocenters. The maximum Gasteiger partial charge on any atom is 0.271 e. The third-order valence-corrected chi connectivity index (χ3v) is 6.79. The topological polar surface area (TPSA) is 84.0 Å². The van der Waals surface area contributed by atoms with Gasteiger partial charge in [0.15, 0.2) is 0 Å². The summed E-state index contributed by atoms with van der Waals surface area (Å²) in [6.07, 6.45) is 8.14. The molecule has 7 nitrogen and oxygen atoms in total. The van der Waals surface area contributed by atoms with Crippen LogP contribution in [0.1, 0.15) is 45.5 Å². The summed E-state index contributed by atoms with van der Waals surface area (Å²) in [5, 5.41) is 0.778. The number of aryl methyl sites for hydroxylation is 1. The standard InChI is InChI=1S/C24H27N3O4S/c1-14-12-19-15(13-18(14)17(6-5-11-30-3)23(25-2)31-4)9-10-27(16-7-8-16)24-20(21(19)28)22(29)26-32-24/h5-6,11-13,16H,7-10H2,1-4H3,(H,26,29)/b11-5+,17-6-,25-23?. The van der Waals surface area contributed by atoms with E-state index in [-0.39, 0.29) is 16.9 Å². The maximum absolute atomic E-state index is 13.5. The lowest BCUT2D eigenvalue weighted by atomic mass is 9.88. The van der Waals surface area contributed by atoms with Gasteiger partial charge in [-0.1, -0.05) is 0 Å². The lowest BCUT2D eigenvalue weighted by Gasteiger charge is -2.27. The first-order valence-electron chi connectivity index (χ1n) is 10.6. The Balaban J connectivity index is 1.86. The van der Waals surface area contributed by atoms with E-state index in [0.29, 0.717) is 23.9 Å². The summed E-state index contributed by atoms with van der Waals surface area (Å²) in [6.45, 7) is 2.71. The van der Waals surface area contributed by atoms with Crippen LogP contribution in [-0.4, -0.2) is 49.9 Å². The van der Waals surface area contributed by atoms with Crippen LogP contribution in [0.2, 0.25) is 0 Å². The quantitative estimate of drug-likeness (QED) is 0.323. The lowest BCUT2D eigenvalue weighted by molar-refractivity contribution is 0.103. The van der Waals surface area contributed by atoms with Crippen LogP contribution in [0.4, 0.5) is 5.00 Å². The van der Waals surface area contributed by atoms with Crippen LogP contribution in [0.15, 0.2) is 40.3 Å². The van der Waals surface area contributed by atoms with E-state index in [1.54, 1.807) is 33.6 Å². The van der Waals surface area contributed by atoms with E-state index in [1.165, 1.54) is 11.5 Å². The fraction of sp³-hybridized carbons (Fsp3) is 0.375. The molecule has 1 N–H and O–H groups in total. The summed E-state index contributed by atoms with van der Waals surface area (Å²) in [6, 6.07) is 4.33. The molecule has 2 aliphatic rings. The molecule has 1 aromatic heterocycles. The largest absolute Gasteiger partial charge is 0.504 e. The highest BCUT2D eigenvalue weighted by Crippen LogP contribution is 2.38. The third kappa shape index (κ3) is 4.02. The summed E-state index contributed by atoms with van der Waals surface area (Å²) in [7, 11) is 4.85. The number of rotatable bonds is 5. The molecular weight excluding hydrogens is 426 g/mol. The Kier molecular flexibility index (Phi) is 6.32. The van der Waals surface area contributed by atoms with Gasteiger partial charge in [-0.2, -0.15) is 0 Å². The molecule has 0 bridgehead atoms. The number of ketones is 1. The van der Waals surface area contributed by atoms with Crippen molar-refractivity contribution in [2.75, 3.05) is 32.7 Å². The number of aromatic nitrogens is 1. The average Bonchev–Trinajstić information content (AvgIpc) is 3.55. The number of allylic oxidation sites excluding steroid dienone is 2. The highest BCUT2D eigenvalue weighted by atomic mass is 32.1. The van der Waals surface area contributed by atoms with Gasteiger partial charge in [0.05, 0.1) is 20.5 Å². The SMILES string of the molecule is CN=C(OC)/C(=C\C=C\OC)c1cc2c(cc1C)C(=O)c1c(s[nH]c1=O)N(C1CC1)CC2. The van der Waals surface area contributed by atoms with E-state index < -0.39 is 0 Å². The van der Waals surface area contributed by atoms with Gasteiger partial charge in [-0.3, -0.25) is 19.0 Å². The van der Waals surface area contributed by atoms with Crippen molar-refractivity contribution in [1.29, 1.82) is 0 Å². The monoisotopic (exact) mass is 453 g/mol. The number of aromatic amines is 1. The molecule has 0 radical (unpaired) electrons. The zero-order valence-electron chi connectivity index (χ0n) is 18.7. The van der Waals surface area contributed by atoms with E-state index in [1.807, 2.05) is 25.1 Å². The number of nitrogens with one attached hydrogen (secondary N) is 1. The number of aliphatic imine (C=N–C) groups is 1. The first-order valence-corrected chi connectivity index (χ1v) is 11.4. The molecule has 2 heterocycles. The minimum atomic E-state index is -0.305. The molecule has 0 amide bonds. The Labute approximate surface area is 191 Å². The maximum atomic E-state index is 13.5. The average molecular weight is 454 g/mol. The Hall–Kier alpha value is -3.13. The number of carbonyl (C=O) groups is 1. The van der Waals surface area contributed by atoms with Gasteiger partial charge in [0.2, 0.25) is 11.7 Å². The van der Waals surface area contributed by atoms with Crippen LogP contribution in [0, 0.1) is 6.92 Å². The van der Waals surface area contributed by atoms with Crippen LogP contribution >= 0.6 is 11.5 Å². The van der Waals surface area contributed by atoms with Gasteiger partial charge in [-0.05, 0) is 78.7 Å². The first-order chi connectivity index (χ1) is 15.5. The smallest absolute Gasteiger partial charge is 0.271 e. The molecule has 1 saturated carbocycles. The van der Waals surface area contributed by atoms with E-state index in [0.717, 1.165) is 46.7 Å². The molecule has 1 aliphatic heterocycles. The fourth-order valence-electron chi connectivity index (χ4n) is 4.18. The summed E-state index contributed by atoms with van der Waals surface area (Å²) >= 11 is 1.27. The molecule has 1 fully saturated rings. The fourth-order valence-corrected chi connectivity index (χ4v) is 5.12. The number of hydrogen-bond acceptors (Lipinski definition) is 7. The Morgan fingerprint density at radius 3 is 2.72 bits per heavy atom. The lowest BCUT2D eigenvalue weighted by Crippen LogP contribution is -2.32. The van der Waals surface area contributed by atoms with Gasteiger partial charge in [-0.15, -0.1) is 0 Å². The van der Waals surface area contributed by atoms with Crippen LogP contribution in [0.5, 0.6) is 0 Å². The van der Waals surface area contributed by atoms with Crippen LogP contribution in [-0.2, 0) is 15.9 Å². The number of carbonyl (C=O) groups excluding carboxylic acids is 1. The van der Waals surface area contributed by atoms with Crippen molar-refractivity contribution in [3.63, 3.8) is 0 Å². The highest BCUT2D eigenvalue weighted by Gasteiger charge is 2.36. The van der Waals surface area contributed by atoms with Crippen molar-refractivity contribution in [2.45, 2.75) is 32.2 Å². The minimum absolute atomic E-state index is 0.210. The second-order valence-electron chi connectivity index (χ2n) is 7.92. The van der Waals surface area contributed by atoms with Crippen molar-refractivity contribution in [1.82, 2.24) is 4.37 Å². The Bertz CT molecular complexity index is 1180. The molecule has 0 spiro atoms. The molecule has 32 heavy (non-hydrogen) atoms. The number of fused-ring (bicyclic) bond motifs is 2. The van der Waals surface area contributed by atoms with Crippen LogP contribution < -0.4 is 10.5 Å². The first kappa shape index (κ1) is 22.1. The van der Waals surface area contributed by atoms with Gasteiger partial charge in [0.1, 0.15) is 10.6 Å². The predicted octanol–water partition coefficient (Wildman–Crippen LogP) is 3.72.